The molecule has 0 aromatic heterocycles. The third-order valence-corrected chi connectivity index (χ3v) is 3.72. The monoisotopic (exact) mass is 263 g/mol. The number of amidine groups is 1. The molecule has 1 heterocycles. The maximum Gasteiger partial charge on any atom is 0.170 e. The molecule has 0 amide bonds. The minimum atomic E-state index is 0.153. The smallest absolute Gasteiger partial charge is 0.170 e. The minimum Gasteiger partial charge on any atom is -0.409 e. The van der Waals surface area contributed by atoms with Crippen molar-refractivity contribution in [2.45, 2.75) is 32.0 Å². The molecular weight excluding hydrogens is 242 g/mol. The second-order valence-electron chi connectivity index (χ2n) is 4.99. The van der Waals surface area contributed by atoms with Gasteiger partial charge in [0.1, 0.15) is 0 Å². The van der Waals surface area contributed by atoms with Crippen LogP contribution in [0.4, 0.5) is 0 Å². The molecular formula is C14H21N3O2. The number of ether oxygens (including phenoxy) is 1. The first kappa shape index (κ1) is 13.8. The van der Waals surface area contributed by atoms with Gasteiger partial charge in [-0.25, -0.2) is 0 Å². The van der Waals surface area contributed by atoms with Crippen molar-refractivity contribution in [3.8, 4) is 0 Å². The lowest BCUT2D eigenvalue weighted by atomic mass is 10.0. The van der Waals surface area contributed by atoms with E-state index in [-0.39, 0.29) is 11.9 Å². The summed E-state index contributed by atoms with van der Waals surface area (Å²) in [5, 5.41) is 11.9. The molecule has 0 aliphatic carbocycles. The molecule has 3 N–H and O–H groups in total. The predicted molar refractivity (Wildman–Crippen MR) is 74.2 cm³/mol. The first-order valence-corrected chi connectivity index (χ1v) is 6.51. The van der Waals surface area contributed by atoms with E-state index in [0.717, 1.165) is 30.7 Å². The Morgan fingerprint density at radius 3 is 2.89 bits per heavy atom. The molecule has 2 atom stereocenters. The lowest BCUT2D eigenvalue weighted by molar-refractivity contribution is 0.0814. The maximum absolute atomic E-state index is 8.83. The quantitative estimate of drug-likeness (QED) is 0.373. The Balaban J connectivity index is 2.14. The molecule has 5 nitrogen and oxygen atoms in total. The van der Waals surface area contributed by atoms with E-state index in [0.29, 0.717) is 6.04 Å². The van der Waals surface area contributed by atoms with Crippen LogP contribution < -0.4 is 5.73 Å². The van der Waals surface area contributed by atoms with Crippen molar-refractivity contribution in [1.29, 1.82) is 0 Å². The number of hydrogen-bond acceptors (Lipinski definition) is 4. The minimum absolute atomic E-state index is 0.153. The Morgan fingerprint density at radius 2 is 2.26 bits per heavy atom. The van der Waals surface area contributed by atoms with E-state index in [4.69, 9.17) is 15.7 Å². The van der Waals surface area contributed by atoms with Gasteiger partial charge in [0, 0.05) is 24.8 Å². The molecule has 1 aromatic carbocycles. The van der Waals surface area contributed by atoms with E-state index >= 15 is 0 Å². The summed E-state index contributed by atoms with van der Waals surface area (Å²) < 4.78 is 5.59. The Kier molecular flexibility index (Phi) is 4.39. The Labute approximate surface area is 113 Å². The highest BCUT2D eigenvalue weighted by molar-refractivity contribution is 5.98. The third-order valence-electron chi connectivity index (χ3n) is 3.72. The van der Waals surface area contributed by atoms with E-state index in [1.54, 1.807) is 0 Å². The van der Waals surface area contributed by atoms with Crippen LogP contribution in [-0.4, -0.2) is 41.7 Å². The molecule has 5 heteroatoms. The van der Waals surface area contributed by atoms with Crippen LogP contribution in [0.5, 0.6) is 0 Å². The van der Waals surface area contributed by atoms with Crippen LogP contribution in [0.3, 0.4) is 0 Å². The second kappa shape index (κ2) is 6.04. The number of rotatable bonds is 4. The standard InChI is InChI=1S/C14H21N3O2/c1-10-13(7-8-19-10)17(2)9-11-5-3-4-6-12(11)14(15)16-18/h3-6,10,13,18H,7-9H2,1-2H3,(H2,15,16). The fourth-order valence-corrected chi connectivity index (χ4v) is 2.65. The van der Waals surface area contributed by atoms with Gasteiger partial charge in [-0.15, -0.1) is 0 Å². The van der Waals surface area contributed by atoms with Crippen LogP contribution in [0.25, 0.3) is 0 Å². The van der Waals surface area contributed by atoms with Crippen molar-refractivity contribution in [2.75, 3.05) is 13.7 Å². The van der Waals surface area contributed by atoms with Crippen molar-refractivity contribution in [1.82, 2.24) is 4.90 Å². The molecule has 0 saturated carbocycles. The number of nitrogens with zero attached hydrogens (tertiary/aromatic N) is 2. The van der Waals surface area contributed by atoms with Crippen LogP contribution in [-0.2, 0) is 11.3 Å². The van der Waals surface area contributed by atoms with Crippen molar-refractivity contribution in [3.63, 3.8) is 0 Å². The van der Waals surface area contributed by atoms with Crippen molar-refractivity contribution >= 4 is 5.84 Å². The third kappa shape index (κ3) is 3.05. The van der Waals surface area contributed by atoms with Gasteiger partial charge in [0.25, 0.3) is 0 Å². The van der Waals surface area contributed by atoms with Gasteiger partial charge in [0.05, 0.1) is 6.10 Å². The average Bonchev–Trinajstić information content (AvgIpc) is 2.85. The van der Waals surface area contributed by atoms with Crippen LogP contribution in [0.15, 0.2) is 29.4 Å². The molecule has 1 fully saturated rings. The lowest BCUT2D eigenvalue weighted by Crippen LogP contribution is -2.36. The lowest BCUT2D eigenvalue weighted by Gasteiger charge is -2.27. The Morgan fingerprint density at radius 1 is 1.53 bits per heavy atom. The topological polar surface area (TPSA) is 71.1 Å². The summed E-state index contributed by atoms with van der Waals surface area (Å²) in [6, 6.07) is 8.14. The van der Waals surface area contributed by atoms with Gasteiger partial charge >= 0.3 is 0 Å². The molecule has 19 heavy (non-hydrogen) atoms. The first-order valence-electron chi connectivity index (χ1n) is 6.51. The van der Waals surface area contributed by atoms with Gasteiger partial charge in [-0.2, -0.15) is 0 Å². The van der Waals surface area contributed by atoms with E-state index < -0.39 is 0 Å². The number of hydrogen-bond donors (Lipinski definition) is 2. The molecule has 2 rings (SSSR count). The van der Waals surface area contributed by atoms with Gasteiger partial charge in [-0.3, -0.25) is 4.90 Å². The Hall–Kier alpha value is -1.59. The molecule has 104 valence electrons. The summed E-state index contributed by atoms with van der Waals surface area (Å²) in [5.74, 6) is 0.153. The molecule has 0 bridgehead atoms. The number of nitrogens with two attached hydrogens (primary N) is 1. The molecule has 1 aromatic rings. The normalized spacial score (nSPS) is 24.1. The molecule has 1 aliphatic heterocycles. The fraction of sp³-hybridized carbons (Fsp3) is 0.500. The largest absolute Gasteiger partial charge is 0.409 e. The van der Waals surface area contributed by atoms with Gasteiger partial charge in [0.15, 0.2) is 5.84 Å². The van der Waals surface area contributed by atoms with E-state index in [1.165, 1.54) is 0 Å². The predicted octanol–water partition coefficient (Wildman–Crippen LogP) is 1.39. The Bertz CT molecular complexity index is 462. The van der Waals surface area contributed by atoms with Gasteiger partial charge in [0.2, 0.25) is 0 Å². The number of benzene rings is 1. The highest BCUT2D eigenvalue weighted by Crippen LogP contribution is 2.21. The van der Waals surface area contributed by atoms with E-state index in [1.807, 2.05) is 24.3 Å². The molecule has 0 spiro atoms. The molecule has 1 aliphatic rings. The second-order valence-corrected chi connectivity index (χ2v) is 4.99. The van der Waals surface area contributed by atoms with Crippen LogP contribution >= 0.6 is 0 Å². The summed E-state index contributed by atoms with van der Waals surface area (Å²) in [5.41, 5.74) is 7.54. The first-order chi connectivity index (χ1) is 9.13. The van der Waals surface area contributed by atoms with Gasteiger partial charge in [-0.05, 0) is 26.0 Å². The summed E-state index contributed by atoms with van der Waals surface area (Å²) in [4.78, 5) is 2.27. The van der Waals surface area contributed by atoms with Crippen LogP contribution in [0.1, 0.15) is 24.5 Å². The highest BCUT2D eigenvalue weighted by Gasteiger charge is 2.28. The summed E-state index contributed by atoms with van der Waals surface area (Å²) in [7, 11) is 2.08. The van der Waals surface area contributed by atoms with Crippen LogP contribution in [0, 0.1) is 0 Å². The molecule has 2 unspecified atom stereocenters. The summed E-state index contributed by atoms with van der Waals surface area (Å²) >= 11 is 0. The SMILES string of the molecule is CC1OCCC1N(C)Cc1ccccc1/C(N)=N/O. The zero-order valence-electron chi connectivity index (χ0n) is 11.4. The number of oxime groups is 1. The van der Waals surface area contributed by atoms with E-state index in [2.05, 4.69) is 24.0 Å². The van der Waals surface area contributed by atoms with Gasteiger partial charge in [-0.1, -0.05) is 29.4 Å². The number of likely N-dealkylation sites (N-methyl/N-ethyl adjacent to an activating group) is 1. The van der Waals surface area contributed by atoms with E-state index in [9.17, 15) is 0 Å². The van der Waals surface area contributed by atoms with Crippen molar-refractivity contribution in [3.05, 3.63) is 35.4 Å². The molecule has 0 radical (unpaired) electrons. The zero-order valence-corrected chi connectivity index (χ0v) is 11.4. The van der Waals surface area contributed by atoms with Crippen LogP contribution in [0.2, 0.25) is 0 Å². The average molecular weight is 263 g/mol. The van der Waals surface area contributed by atoms with Crippen molar-refractivity contribution in [2.24, 2.45) is 10.9 Å². The molecule has 1 saturated heterocycles. The summed E-state index contributed by atoms with van der Waals surface area (Å²) in [6.45, 7) is 3.67. The highest BCUT2D eigenvalue weighted by atomic mass is 16.5. The summed E-state index contributed by atoms with van der Waals surface area (Å²) in [6.07, 6.45) is 1.30. The van der Waals surface area contributed by atoms with Gasteiger partial charge < -0.3 is 15.7 Å². The maximum atomic E-state index is 8.83. The zero-order chi connectivity index (χ0) is 13.8. The fourth-order valence-electron chi connectivity index (χ4n) is 2.65. The van der Waals surface area contributed by atoms with Crippen molar-refractivity contribution < 1.29 is 9.94 Å².